The van der Waals surface area contributed by atoms with Crippen LogP contribution in [0.25, 0.3) is 0 Å². The Labute approximate surface area is 173 Å². The number of hydrogen-bond donors (Lipinski definition) is 0. The monoisotopic (exact) mass is 396 g/mol. The first-order valence-corrected chi connectivity index (χ1v) is 10.7. The van der Waals surface area contributed by atoms with Crippen molar-refractivity contribution in [3.05, 3.63) is 41.1 Å². The molecule has 0 saturated heterocycles. The van der Waals surface area contributed by atoms with E-state index in [2.05, 4.69) is 48.0 Å². The quantitative estimate of drug-likeness (QED) is 0.656. The molecule has 1 heterocycles. The topological polar surface area (TPSA) is 59.0 Å². The van der Waals surface area contributed by atoms with E-state index in [0.29, 0.717) is 17.7 Å². The molecule has 3 rings (SSSR count). The molecule has 5 heteroatoms. The Morgan fingerprint density at radius 1 is 1.14 bits per heavy atom. The largest absolute Gasteiger partial charge is 0.460 e. The fourth-order valence-electron chi connectivity index (χ4n) is 4.50. The lowest BCUT2D eigenvalue weighted by molar-refractivity contribution is -0.143. The first-order chi connectivity index (χ1) is 13.9. The lowest BCUT2D eigenvalue weighted by atomic mass is 9.69. The molecule has 0 spiro atoms. The van der Waals surface area contributed by atoms with Crippen molar-refractivity contribution in [1.29, 1.82) is 0 Å². The van der Waals surface area contributed by atoms with Crippen molar-refractivity contribution in [2.45, 2.75) is 65.9 Å². The average Bonchev–Trinajstić information content (AvgIpc) is 2.68. The lowest BCUT2D eigenvalue weighted by Gasteiger charge is -2.36. The number of carbonyl (C=O) groups excluding carboxylic acids is 2. The second-order valence-corrected chi connectivity index (χ2v) is 8.10. The normalized spacial score (nSPS) is 21.7. The number of Topliss-reactive ketones (excluding diaryl/α,β-unsaturated/α-hetero) is 1. The SMILES string of the molecule is CCN(CC)c1ccc([C@@H]2C(C(=O)OC(C)C)=C(C)N=C3CCCC(=O)C32)cc1. The molecule has 0 bridgehead atoms. The van der Waals surface area contributed by atoms with Gasteiger partial charge in [-0.2, -0.15) is 0 Å². The molecule has 2 atom stereocenters. The molecule has 1 aliphatic heterocycles. The second kappa shape index (κ2) is 8.93. The number of esters is 1. The van der Waals surface area contributed by atoms with Crippen LogP contribution in [0.2, 0.25) is 0 Å². The third-order valence-corrected chi connectivity index (χ3v) is 5.85. The second-order valence-electron chi connectivity index (χ2n) is 8.10. The number of anilines is 1. The first-order valence-electron chi connectivity index (χ1n) is 10.7. The number of benzene rings is 1. The van der Waals surface area contributed by atoms with Crippen molar-refractivity contribution in [1.82, 2.24) is 0 Å². The molecule has 0 radical (unpaired) electrons. The van der Waals surface area contributed by atoms with E-state index in [0.717, 1.165) is 42.9 Å². The number of fused-ring (bicyclic) bond motifs is 1. The van der Waals surface area contributed by atoms with Gasteiger partial charge in [-0.05, 0) is 65.2 Å². The van der Waals surface area contributed by atoms with E-state index in [1.165, 1.54) is 0 Å². The number of ether oxygens (including phenoxy) is 1. The highest BCUT2D eigenvalue weighted by molar-refractivity contribution is 6.11. The Morgan fingerprint density at radius 3 is 2.38 bits per heavy atom. The van der Waals surface area contributed by atoms with Gasteiger partial charge in [0.05, 0.1) is 17.6 Å². The van der Waals surface area contributed by atoms with Crippen LogP contribution >= 0.6 is 0 Å². The van der Waals surface area contributed by atoms with Gasteiger partial charge in [0.25, 0.3) is 0 Å². The fourth-order valence-corrected chi connectivity index (χ4v) is 4.50. The minimum Gasteiger partial charge on any atom is -0.460 e. The van der Waals surface area contributed by atoms with Crippen LogP contribution in [0.4, 0.5) is 5.69 Å². The van der Waals surface area contributed by atoms with Crippen LogP contribution in [0.5, 0.6) is 0 Å². The Balaban J connectivity index is 2.06. The molecule has 29 heavy (non-hydrogen) atoms. The predicted molar refractivity (Wildman–Crippen MR) is 116 cm³/mol. The number of nitrogens with zero attached hydrogens (tertiary/aromatic N) is 2. The van der Waals surface area contributed by atoms with Crippen molar-refractivity contribution < 1.29 is 14.3 Å². The smallest absolute Gasteiger partial charge is 0.336 e. The molecule has 156 valence electrons. The van der Waals surface area contributed by atoms with Crippen LogP contribution in [0, 0.1) is 5.92 Å². The van der Waals surface area contributed by atoms with E-state index in [4.69, 9.17) is 4.74 Å². The van der Waals surface area contributed by atoms with Gasteiger partial charge >= 0.3 is 5.97 Å². The summed E-state index contributed by atoms with van der Waals surface area (Å²) in [6.45, 7) is 11.7. The predicted octanol–water partition coefficient (Wildman–Crippen LogP) is 4.67. The number of carbonyl (C=O) groups is 2. The van der Waals surface area contributed by atoms with Gasteiger partial charge in [-0.3, -0.25) is 9.79 Å². The lowest BCUT2D eigenvalue weighted by Crippen LogP contribution is -2.39. The number of allylic oxidation sites excluding steroid dienone is 1. The highest BCUT2D eigenvalue weighted by atomic mass is 16.5. The van der Waals surface area contributed by atoms with Crippen molar-refractivity contribution >= 4 is 23.2 Å². The molecular weight excluding hydrogens is 364 g/mol. The van der Waals surface area contributed by atoms with E-state index in [1.807, 2.05) is 20.8 Å². The van der Waals surface area contributed by atoms with Gasteiger partial charge in [0.2, 0.25) is 0 Å². The maximum Gasteiger partial charge on any atom is 0.336 e. The molecule has 0 aromatic heterocycles. The van der Waals surface area contributed by atoms with Gasteiger partial charge < -0.3 is 9.64 Å². The summed E-state index contributed by atoms with van der Waals surface area (Å²) < 4.78 is 5.54. The van der Waals surface area contributed by atoms with Gasteiger partial charge in [-0.1, -0.05) is 12.1 Å². The molecular formula is C24H32N2O3. The van der Waals surface area contributed by atoms with E-state index in [1.54, 1.807) is 0 Å². The van der Waals surface area contributed by atoms with Crippen LogP contribution in [-0.2, 0) is 14.3 Å². The van der Waals surface area contributed by atoms with Gasteiger partial charge in [-0.15, -0.1) is 0 Å². The molecule has 1 unspecified atom stereocenters. The van der Waals surface area contributed by atoms with Crippen molar-refractivity contribution in [2.75, 3.05) is 18.0 Å². The third-order valence-electron chi connectivity index (χ3n) is 5.85. The van der Waals surface area contributed by atoms with Crippen molar-refractivity contribution in [3.63, 3.8) is 0 Å². The van der Waals surface area contributed by atoms with E-state index < -0.39 is 0 Å². The summed E-state index contributed by atoms with van der Waals surface area (Å²) in [5.74, 6) is -0.875. The third kappa shape index (κ3) is 4.29. The zero-order chi connectivity index (χ0) is 21.1. The summed E-state index contributed by atoms with van der Waals surface area (Å²) in [4.78, 5) is 32.9. The molecule has 1 saturated carbocycles. The van der Waals surface area contributed by atoms with Gasteiger partial charge in [0, 0.05) is 42.5 Å². The molecule has 0 amide bonds. The summed E-state index contributed by atoms with van der Waals surface area (Å²) in [6, 6.07) is 8.28. The van der Waals surface area contributed by atoms with E-state index in [9.17, 15) is 9.59 Å². The zero-order valence-electron chi connectivity index (χ0n) is 18.2. The standard InChI is InChI=1S/C24H32N2O3/c1-6-26(7-2)18-13-11-17(12-14-18)22-21(24(28)29-15(3)4)16(5)25-19-9-8-10-20(27)23(19)22/h11-15,22-23H,6-10H2,1-5H3/t22-,23?/m1/s1. The molecule has 1 aromatic carbocycles. The Morgan fingerprint density at radius 2 is 1.79 bits per heavy atom. The number of hydrogen-bond acceptors (Lipinski definition) is 5. The summed E-state index contributed by atoms with van der Waals surface area (Å²) >= 11 is 0. The van der Waals surface area contributed by atoms with Gasteiger partial charge in [-0.25, -0.2) is 4.79 Å². The molecule has 1 aromatic rings. The van der Waals surface area contributed by atoms with Crippen LogP contribution in [0.3, 0.4) is 0 Å². The Hall–Kier alpha value is -2.43. The molecule has 0 N–H and O–H groups in total. The molecule has 2 aliphatic rings. The van der Waals surface area contributed by atoms with Crippen LogP contribution in [0.15, 0.2) is 40.5 Å². The summed E-state index contributed by atoms with van der Waals surface area (Å²) in [6.07, 6.45) is 1.97. The Kier molecular flexibility index (Phi) is 6.56. The highest BCUT2D eigenvalue weighted by Gasteiger charge is 2.43. The summed E-state index contributed by atoms with van der Waals surface area (Å²) in [5.41, 5.74) is 4.24. The van der Waals surface area contributed by atoms with Crippen LogP contribution in [-0.4, -0.2) is 36.7 Å². The number of rotatable bonds is 6. The fraction of sp³-hybridized carbons (Fsp3) is 0.542. The highest BCUT2D eigenvalue weighted by Crippen LogP contribution is 2.43. The van der Waals surface area contributed by atoms with Crippen LogP contribution < -0.4 is 4.90 Å². The van der Waals surface area contributed by atoms with Crippen molar-refractivity contribution in [3.8, 4) is 0 Å². The average molecular weight is 397 g/mol. The molecule has 1 fully saturated rings. The molecule has 1 aliphatic carbocycles. The minimum absolute atomic E-state index is 0.176. The number of ketones is 1. The van der Waals surface area contributed by atoms with Gasteiger partial charge in [0.1, 0.15) is 5.78 Å². The van der Waals surface area contributed by atoms with Gasteiger partial charge in [0.15, 0.2) is 0 Å². The number of aliphatic imine (C=N–C) groups is 1. The maximum absolute atomic E-state index is 13.0. The first kappa shape index (κ1) is 21.3. The van der Waals surface area contributed by atoms with Crippen molar-refractivity contribution in [2.24, 2.45) is 10.9 Å². The Bertz CT molecular complexity index is 832. The maximum atomic E-state index is 13.0. The van der Waals surface area contributed by atoms with Crippen LogP contribution in [0.1, 0.15) is 65.4 Å². The summed E-state index contributed by atoms with van der Waals surface area (Å²) in [5, 5.41) is 0. The molecule has 5 nitrogen and oxygen atoms in total. The zero-order valence-corrected chi connectivity index (χ0v) is 18.2. The minimum atomic E-state index is -0.364. The van der Waals surface area contributed by atoms with E-state index >= 15 is 0 Å². The van der Waals surface area contributed by atoms with E-state index in [-0.39, 0.29) is 29.7 Å². The summed E-state index contributed by atoms with van der Waals surface area (Å²) in [7, 11) is 0.